The average Bonchev–Trinajstić information content (AvgIpc) is 3.09. The van der Waals surface area contributed by atoms with Crippen molar-refractivity contribution in [3.8, 4) is 17.1 Å². The number of nitrogens with one attached hydrogen (secondary N) is 1. The summed E-state index contributed by atoms with van der Waals surface area (Å²) < 4.78 is 8.26. The van der Waals surface area contributed by atoms with E-state index in [4.69, 9.17) is 4.74 Å². The first kappa shape index (κ1) is 20.2. The molecule has 0 saturated heterocycles. The predicted octanol–water partition coefficient (Wildman–Crippen LogP) is 4.63. The third kappa shape index (κ3) is 4.82. The van der Waals surface area contributed by atoms with Crippen LogP contribution in [-0.2, 0) is 11.3 Å². The number of ether oxygens (including phenoxy) is 1. The van der Waals surface area contributed by atoms with Crippen LogP contribution in [0.5, 0.6) is 5.75 Å². The first-order valence-corrected chi connectivity index (χ1v) is 10.3. The second kappa shape index (κ2) is 9.57. The van der Waals surface area contributed by atoms with Crippen molar-refractivity contribution in [1.29, 1.82) is 0 Å². The minimum atomic E-state index is -0.116. The molecule has 0 saturated carbocycles. The zero-order valence-corrected chi connectivity index (χ0v) is 17.7. The molecule has 1 amide bonds. The van der Waals surface area contributed by atoms with Crippen LogP contribution in [-0.4, -0.2) is 33.5 Å². The zero-order valence-electron chi connectivity index (χ0n) is 15.3. The summed E-state index contributed by atoms with van der Waals surface area (Å²) in [4.78, 5) is 12.3. The van der Waals surface area contributed by atoms with Crippen molar-refractivity contribution in [2.75, 3.05) is 18.2 Å². The number of hydrogen-bond donors (Lipinski definition) is 1. The number of carbonyl (C=O) groups excluding carboxylic acids is 1. The molecule has 0 fully saturated rings. The number of anilines is 1. The molecule has 3 aromatic rings. The molecule has 6 nitrogen and oxygen atoms in total. The van der Waals surface area contributed by atoms with E-state index in [0.717, 1.165) is 15.7 Å². The van der Waals surface area contributed by atoms with Gasteiger partial charge in [0.25, 0.3) is 0 Å². The molecule has 0 aliphatic heterocycles. The largest absolute Gasteiger partial charge is 0.496 e. The molecule has 144 valence electrons. The molecule has 8 heteroatoms. The highest BCUT2D eigenvalue weighted by Crippen LogP contribution is 2.31. The number of para-hydroxylation sites is 1. The van der Waals surface area contributed by atoms with Crippen LogP contribution in [0.2, 0.25) is 0 Å². The topological polar surface area (TPSA) is 69.0 Å². The lowest BCUT2D eigenvalue weighted by Gasteiger charge is -2.10. The van der Waals surface area contributed by atoms with Crippen molar-refractivity contribution < 1.29 is 9.53 Å². The first-order chi connectivity index (χ1) is 13.6. The van der Waals surface area contributed by atoms with Crippen molar-refractivity contribution in [2.24, 2.45) is 0 Å². The Kier molecular flexibility index (Phi) is 6.89. The van der Waals surface area contributed by atoms with E-state index >= 15 is 0 Å². The van der Waals surface area contributed by atoms with E-state index in [0.29, 0.717) is 23.3 Å². The summed E-state index contributed by atoms with van der Waals surface area (Å²) in [7, 11) is 1.62. The number of thioether (sulfide) groups is 1. The first-order valence-electron chi connectivity index (χ1n) is 8.48. The number of methoxy groups -OCH3 is 1. The molecule has 1 aromatic heterocycles. The normalized spacial score (nSPS) is 10.5. The lowest BCUT2D eigenvalue weighted by Crippen LogP contribution is -2.14. The van der Waals surface area contributed by atoms with E-state index in [1.165, 1.54) is 11.8 Å². The minimum Gasteiger partial charge on any atom is -0.496 e. The van der Waals surface area contributed by atoms with Gasteiger partial charge in [0.2, 0.25) is 5.91 Å². The van der Waals surface area contributed by atoms with E-state index in [2.05, 4.69) is 38.0 Å². The fraction of sp³-hybridized carbons (Fsp3) is 0.150. The molecular formula is C20H19BrN4O2S. The quantitative estimate of drug-likeness (QED) is 0.393. The van der Waals surface area contributed by atoms with Gasteiger partial charge in [-0.1, -0.05) is 52.0 Å². The molecule has 0 unspecified atom stereocenters. The summed E-state index contributed by atoms with van der Waals surface area (Å²) >= 11 is 4.72. The molecule has 0 spiro atoms. The molecular weight excluding hydrogens is 440 g/mol. The van der Waals surface area contributed by atoms with Gasteiger partial charge >= 0.3 is 0 Å². The maximum atomic E-state index is 12.3. The standard InChI is InChI=1S/C20H19BrN4O2S/c1-3-11-25-19(16-9-4-5-10-17(16)27-2)23-24-20(25)28-13-18(26)22-15-8-6-7-14(21)12-15/h3-10,12H,1,11,13H2,2H3,(H,22,26). The van der Waals surface area contributed by atoms with Gasteiger partial charge in [-0.05, 0) is 30.3 Å². The van der Waals surface area contributed by atoms with Gasteiger partial charge in [-0.3, -0.25) is 9.36 Å². The zero-order chi connectivity index (χ0) is 19.9. The van der Waals surface area contributed by atoms with Gasteiger partial charge in [-0.15, -0.1) is 16.8 Å². The van der Waals surface area contributed by atoms with Gasteiger partial charge in [0.1, 0.15) is 5.75 Å². The Morgan fingerprint density at radius 3 is 2.86 bits per heavy atom. The number of halogens is 1. The maximum absolute atomic E-state index is 12.3. The second-order valence-electron chi connectivity index (χ2n) is 5.75. The van der Waals surface area contributed by atoms with Gasteiger partial charge in [0.15, 0.2) is 11.0 Å². The summed E-state index contributed by atoms with van der Waals surface area (Å²) in [6.07, 6.45) is 1.77. The average molecular weight is 459 g/mol. The number of amides is 1. The maximum Gasteiger partial charge on any atom is 0.234 e. The third-order valence-corrected chi connectivity index (χ3v) is 5.28. The van der Waals surface area contributed by atoms with Gasteiger partial charge in [-0.2, -0.15) is 0 Å². The number of nitrogens with zero attached hydrogens (tertiary/aromatic N) is 3. The van der Waals surface area contributed by atoms with Crippen LogP contribution >= 0.6 is 27.7 Å². The van der Waals surface area contributed by atoms with E-state index in [1.54, 1.807) is 13.2 Å². The summed E-state index contributed by atoms with van der Waals surface area (Å²) in [5.41, 5.74) is 1.58. The van der Waals surface area contributed by atoms with E-state index in [1.807, 2.05) is 53.1 Å². The van der Waals surface area contributed by atoms with Crippen LogP contribution in [0.3, 0.4) is 0 Å². The van der Waals surface area contributed by atoms with Crippen LogP contribution in [0.4, 0.5) is 5.69 Å². The summed E-state index contributed by atoms with van der Waals surface area (Å²) in [5, 5.41) is 12.1. The Morgan fingerprint density at radius 2 is 2.11 bits per heavy atom. The smallest absolute Gasteiger partial charge is 0.234 e. The highest BCUT2D eigenvalue weighted by molar-refractivity contribution is 9.10. The van der Waals surface area contributed by atoms with Crippen LogP contribution in [0.15, 0.2) is 70.8 Å². The Bertz CT molecular complexity index is 990. The molecule has 0 aliphatic rings. The van der Waals surface area contributed by atoms with Crippen LogP contribution < -0.4 is 10.1 Å². The predicted molar refractivity (Wildman–Crippen MR) is 116 cm³/mol. The van der Waals surface area contributed by atoms with Gasteiger partial charge < -0.3 is 10.1 Å². The summed E-state index contributed by atoms with van der Waals surface area (Å²) in [5.74, 6) is 1.49. The lowest BCUT2D eigenvalue weighted by molar-refractivity contribution is -0.113. The Hall–Kier alpha value is -2.58. The molecule has 28 heavy (non-hydrogen) atoms. The number of carbonyl (C=O) groups is 1. The van der Waals surface area contributed by atoms with E-state index in [9.17, 15) is 4.79 Å². The van der Waals surface area contributed by atoms with Crippen LogP contribution in [0.25, 0.3) is 11.4 Å². The van der Waals surface area contributed by atoms with Gasteiger partial charge in [0, 0.05) is 16.7 Å². The van der Waals surface area contributed by atoms with Crippen molar-refractivity contribution in [1.82, 2.24) is 14.8 Å². The Morgan fingerprint density at radius 1 is 1.29 bits per heavy atom. The number of hydrogen-bond acceptors (Lipinski definition) is 5. The Balaban J connectivity index is 1.76. The highest BCUT2D eigenvalue weighted by atomic mass is 79.9. The van der Waals surface area contributed by atoms with Crippen molar-refractivity contribution in [3.63, 3.8) is 0 Å². The number of rotatable bonds is 8. The Labute approximate surface area is 176 Å². The number of benzene rings is 2. The molecule has 0 bridgehead atoms. The molecule has 1 N–H and O–H groups in total. The van der Waals surface area contributed by atoms with E-state index < -0.39 is 0 Å². The van der Waals surface area contributed by atoms with Gasteiger partial charge in [0.05, 0.1) is 18.4 Å². The molecule has 3 rings (SSSR count). The molecule has 0 aliphatic carbocycles. The molecule has 1 heterocycles. The fourth-order valence-corrected chi connectivity index (χ4v) is 3.76. The second-order valence-corrected chi connectivity index (χ2v) is 7.61. The molecule has 0 radical (unpaired) electrons. The SMILES string of the molecule is C=CCn1c(SCC(=O)Nc2cccc(Br)c2)nnc1-c1ccccc1OC. The van der Waals surface area contributed by atoms with Gasteiger partial charge in [-0.25, -0.2) is 0 Å². The number of aromatic nitrogens is 3. The monoisotopic (exact) mass is 458 g/mol. The third-order valence-electron chi connectivity index (χ3n) is 3.82. The molecule has 2 aromatic carbocycles. The fourth-order valence-electron chi connectivity index (χ4n) is 2.61. The molecule has 0 atom stereocenters. The van der Waals surface area contributed by atoms with Crippen molar-refractivity contribution in [3.05, 3.63) is 65.7 Å². The summed E-state index contributed by atoms with van der Waals surface area (Å²) in [6, 6.07) is 15.1. The summed E-state index contributed by atoms with van der Waals surface area (Å²) in [6.45, 7) is 4.34. The minimum absolute atomic E-state index is 0.116. The van der Waals surface area contributed by atoms with Crippen LogP contribution in [0.1, 0.15) is 0 Å². The van der Waals surface area contributed by atoms with Crippen LogP contribution in [0, 0.1) is 0 Å². The van der Waals surface area contributed by atoms with Crippen molar-refractivity contribution in [2.45, 2.75) is 11.7 Å². The van der Waals surface area contributed by atoms with Crippen molar-refractivity contribution >= 4 is 39.3 Å². The van der Waals surface area contributed by atoms with E-state index in [-0.39, 0.29) is 11.7 Å². The number of allylic oxidation sites excluding steroid dienone is 1. The highest BCUT2D eigenvalue weighted by Gasteiger charge is 2.17. The lowest BCUT2D eigenvalue weighted by atomic mass is 10.2.